The van der Waals surface area contributed by atoms with Gasteiger partial charge in [-0.3, -0.25) is 4.90 Å². The van der Waals surface area contributed by atoms with Gasteiger partial charge in [-0.15, -0.1) is 0 Å². The van der Waals surface area contributed by atoms with Gasteiger partial charge in [0, 0.05) is 0 Å². The number of ether oxygens (including phenoxy) is 1. The van der Waals surface area contributed by atoms with E-state index in [4.69, 9.17) is 4.74 Å². The van der Waals surface area contributed by atoms with Crippen molar-refractivity contribution in [2.24, 2.45) is 11.3 Å². The van der Waals surface area contributed by atoms with Crippen LogP contribution in [0.15, 0.2) is 0 Å². The first-order valence-corrected chi connectivity index (χ1v) is 5.89. The Bertz CT molecular complexity index is 185. The van der Waals surface area contributed by atoms with Gasteiger partial charge >= 0.3 is 0 Å². The zero-order valence-corrected chi connectivity index (χ0v) is 9.75. The van der Waals surface area contributed by atoms with Crippen molar-refractivity contribution in [3.63, 3.8) is 0 Å². The average Bonchev–Trinajstić information content (AvgIpc) is 2.00. The highest BCUT2D eigenvalue weighted by molar-refractivity contribution is 4.85. The Balaban J connectivity index is 1.80. The van der Waals surface area contributed by atoms with Crippen molar-refractivity contribution < 1.29 is 4.74 Å². The molecule has 0 saturated carbocycles. The third-order valence-corrected chi connectivity index (χ3v) is 3.89. The summed E-state index contributed by atoms with van der Waals surface area (Å²) < 4.78 is 5.24. The van der Waals surface area contributed by atoms with Crippen molar-refractivity contribution in [2.45, 2.75) is 39.7 Å². The number of rotatable bonds is 1. The van der Waals surface area contributed by atoms with E-state index < -0.39 is 0 Å². The molecule has 0 spiro atoms. The molecule has 0 unspecified atom stereocenters. The summed E-state index contributed by atoms with van der Waals surface area (Å²) in [4.78, 5) is 2.62. The first-order chi connectivity index (χ1) is 6.57. The van der Waals surface area contributed by atoms with E-state index in [1.807, 2.05) is 0 Å². The molecule has 0 N–H and O–H groups in total. The molecule has 2 heteroatoms. The molecule has 2 saturated heterocycles. The van der Waals surface area contributed by atoms with E-state index in [-0.39, 0.29) is 0 Å². The van der Waals surface area contributed by atoms with E-state index in [0.717, 1.165) is 25.2 Å². The van der Waals surface area contributed by atoms with E-state index in [9.17, 15) is 0 Å². The summed E-state index contributed by atoms with van der Waals surface area (Å²) in [5, 5.41) is 0. The van der Waals surface area contributed by atoms with Gasteiger partial charge in [-0.05, 0) is 37.3 Å². The Morgan fingerprint density at radius 3 is 2.00 bits per heavy atom. The van der Waals surface area contributed by atoms with Crippen LogP contribution in [0.3, 0.4) is 0 Å². The zero-order valence-electron chi connectivity index (χ0n) is 9.75. The van der Waals surface area contributed by atoms with Crippen LogP contribution in [0.25, 0.3) is 0 Å². The molecule has 0 aromatic heterocycles. The fraction of sp³-hybridized carbons (Fsp3) is 1.00. The minimum Gasteiger partial charge on any atom is -0.378 e. The molecule has 82 valence electrons. The Kier molecular flexibility index (Phi) is 2.85. The summed E-state index contributed by atoms with van der Waals surface area (Å²) in [5.41, 5.74) is 0.502. The molecule has 2 fully saturated rings. The van der Waals surface area contributed by atoms with Crippen LogP contribution in [0.2, 0.25) is 0 Å². The maximum Gasteiger partial charge on any atom is 0.0645 e. The number of hydrogen-bond donors (Lipinski definition) is 0. The predicted octanol–water partition coefficient (Wildman–Crippen LogP) is 2.14. The van der Waals surface area contributed by atoms with Gasteiger partial charge in [0.15, 0.2) is 0 Å². The first-order valence-electron chi connectivity index (χ1n) is 5.89. The minimum atomic E-state index is 0.502. The lowest BCUT2D eigenvalue weighted by molar-refractivity contribution is -0.0780. The van der Waals surface area contributed by atoms with Crippen LogP contribution in [0.4, 0.5) is 0 Å². The van der Waals surface area contributed by atoms with Crippen molar-refractivity contribution in [3.05, 3.63) is 0 Å². The fourth-order valence-electron chi connectivity index (χ4n) is 2.56. The van der Waals surface area contributed by atoms with Crippen LogP contribution in [0.5, 0.6) is 0 Å². The highest BCUT2D eigenvalue weighted by Gasteiger charge is 2.33. The van der Waals surface area contributed by atoms with E-state index in [1.54, 1.807) is 0 Å². The molecule has 2 heterocycles. The van der Waals surface area contributed by atoms with Gasteiger partial charge in [-0.1, -0.05) is 20.8 Å². The largest absolute Gasteiger partial charge is 0.378 e. The number of nitrogens with zero attached hydrogens (tertiary/aromatic N) is 1. The molecule has 2 rings (SSSR count). The monoisotopic (exact) mass is 197 g/mol. The molecule has 0 atom stereocenters. The van der Waals surface area contributed by atoms with E-state index >= 15 is 0 Å². The first kappa shape index (κ1) is 10.4. The molecular weight excluding hydrogens is 174 g/mol. The van der Waals surface area contributed by atoms with Crippen LogP contribution >= 0.6 is 0 Å². The van der Waals surface area contributed by atoms with Gasteiger partial charge in [-0.2, -0.15) is 0 Å². The van der Waals surface area contributed by atoms with E-state index in [2.05, 4.69) is 25.7 Å². The lowest BCUT2D eigenvalue weighted by atomic mass is 9.75. The number of piperidine rings is 1. The second kappa shape index (κ2) is 3.82. The zero-order chi connectivity index (χ0) is 10.2. The molecule has 2 aliphatic heterocycles. The molecule has 0 aromatic carbocycles. The van der Waals surface area contributed by atoms with E-state index in [1.165, 1.54) is 25.9 Å². The van der Waals surface area contributed by atoms with Crippen LogP contribution in [0, 0.1) is 11.3 Å². The van der Waals surface area contributed by atoms with Crippen molar-refractivity contribution >= 4 is 0 Å². The lowest BCUT2D eigenvalue weighted by Gasteiger charge is -2.44. The fourth-order valence-corrected chi connectivity index (χ4v) is 2.56. The van der Waals surface area contributed by atoms with Gasteiger partial charge in [-0.25, -0.2) is 0 Å². The Hall–Kier alpha value is -0.0800. The van der Waals surface area contributed by atoms with Crippen molar-refractivity contribution in [3.8, 4) is 0 Å². The quantitative estimate of drug-likeness (QED) is 0.638. The van der Waals surface area contributed by atoms with Gasteiger partial charge in [0.2, 0.25) is 0 Å². The Morgan fingerprint density at radius 2 is 1.64 bits per heavy atom. The number of likely N-dealkylation sites (tertiary alicyclic amines) is 1. The standard InChI is InChI=1S/C12H23NO/c1-12(2,3)10-4-6-13(7-5-10)11-8-14-9-11/h10-11H,4-9H2,1-3H3. The smallest absolute Gasteiger partial charge is 0.0645 e. The second-order valence-electron chi connectivity index (χ2n) is 5.87. The normalized spacial score (nSPS) is 27.6. The summed E-state index contributed by atoms with van der Waals surface area (Å²) in [6, 6.07) is 0.746. The molecule has 0 amide bonds. The summed E-state index contributed by atoms with van der Waals surface area (Å²) in [6.45, 7) is 11.6. The Morgan fingerprint density at radius 1 is 1.07 bits per heavy atom. The molecule has 2 aliphatic rings. The SMILES string of the molecule is CC(C)(C)C1CCN(C2COC2)CC1. The molecule has 2 nitrogen and oxygen atoms in total. The summed E-state index contributed by atoms with van der Waals surface area (Å²) >= 11 is 0. The lowest BCUT2D eigenvalue weighted by Crippen LogP contribution is -2.52. The van der Waals surface area contributed by atoms with Gasteiger partial charge < -0.3 is 4.74 Å². The highest BCUT2D eigenvalue weighted by atomic mass is 16.5. The summed E-state index contributed by atoms with van der Waals surface area (Å²) in [6.07, 6.45) is 2.75. The highest BCUT2D eigenvalue weighted by Crippen LogP contribution is 2.35. The maximum atomic E-state index is 5.24. The van der Waals surface area contributed by atoms with Crippen LogP contribution in [-0.2, 0) is 4.74 Å². The van der Waals surface area contributed by atoms with Gasteiger partial charge in [0.1, 0.15) is 0 Å². The van der Waals surface area contributed by atoms with Crippen molar-refractivity contribution in [1.29, 1.82) is 0 Å². The van der Waals surface area contributed by atoms with Crippen LogP contribution in [-0.4, -0.2) is 37.2 Å². The molecule has 14 heavy (non-hydrogen) atoms. The Labute approximate surface area is 87.6 Å². The molecule has 0 radical (unpaired) electrons. The third-order valence-electron chi connectivity index (χ3n) is 3.89. The van der Waals surface area contributed by atoms with Crippen molar-refractivity contribution in [1.82, 2.24) is 4.90 Å². The topological polar surface area (TPSA) is 12.5 Å². The second-order valence-corrected chi connectivity index (χ2v) is 5.87. The average molecular weight is 197 g/mol. The molecule has 0 aliphatic carbocycles. The third kappa shape index (κ3) is 2.12. The predicted molar refractivity (Wildman–Crippen MR) is 58.4 cm³/mol. The maximum absolute atomic E-state index is 5.24. The van der Waals surface area contributed by atoms with Crippen LogP contribution in [0.1, 0.15) is 33.6 Å². The van der Waals surface area contributed by atoms with Gasteiger partial charge in [0.05, 0.1) is 19.3 Å². The van der Waals surface area contributed by atoms with Crippen molar-refractivity contribution in [2.75, 3.05) is 26.3 Å². The van der Waals surface area contributed by atoms with E-state index in [0.29, 0.717) is 5.41 Å². The molecule has 0 bridgehead atoms. The minimum absolute atomic E-state index is 0.502. The van der Waals surface area contributed by atoms with Gasteiger partial charge in [0.25, 0.3) is 0 Å². The summed E-state index contributed by atoms with van der Waals surface area (Å²) in [7, 11) is 0. The molecule has 0 aromatic rings. The molecular formula is C12H23NO. The summed E-state index contributed by atoms with van der Waals surface area (Å²) in [5.74, 6) is 0.916. The van der Waals surface area contributed by atoms with Crippen LogP contribution < -0.4 is 0 Å². The number of hydrogen-bond acceptors (Lipinski definition) is 2.